The Kier molecular flexibility index (Phi) is 7.34. The summed E-state index contributed by atoms with van der Waals surface area (Å²) in [5, 5.41) is 3.60. The number of amides is 2. The van der Waals surface area contributed by atoms with E-state index in [1.165, 1.54) is 0 Å². The van der Waals surface area contributed by atoms with Gasteiger partial charge in [-0.05, 0) is 24.6 Å². The van der Waals surface area contributed by atoms with Crippen LogP contribution < -0.4 is 5.32 Å². The molecule has 1 aromatic carbocycles. The van der Waals surface area contributed by atoms with Crippen LogP contribution in [0.3, 0.4) is 0 Å². The molecule has 0 aromatic heterocycles. The molecule has 1 aliphatic rings. The summed E-state index contributed by atoms with van der Waals surface area (Å²) in [5.74, 6) is 0.0257. The van der Waals surface area contributed by atoms with Crippen molar-refractivity contribution in [1.29, 1.82) is 0 Å². The summed E-state index contributed by atoms with van der Waals surface area (Å²) in [6.45, 7) is 6.22. The van der Waals surface area contributed by atoms with Crippen molar-refractivity contribution in [2.75, 3.05) is 39.3 Å². The average Bonchev–Trinajstić information content (AvgIpc) is 2.60. The van der Waals surface area contributed by atoms with E-state index >= 15 is 0 Å². The van der Waals surface area contributed by atoms with E-state index in [1.54, 1.807) is 11.8 Å². The van der Waals surface area contributed by atoms with Gasteiger partial charge in [0.05, 0.1) is 6.61 Å². The Balaban J connectivity index is 1.62. The zero-order valence-electron chi connectivity index (χ0n) is 14.0. The zero-order chi connectivity index (χ0) is 17.4. The van der Waals surface area contributed by atoms with Gasteiger partial charge in [-0.15, -0.1) is 0 Å². The van der Waals surface area contributed by atoms with Crippen molar-refractivity contribution in [3.8, 4) is 0 Å². The van der Waals surface area contributed by atoms with E-state index in [4.69, 9.17) is 16.3 Å². The van der Waals surface area contributed by atoms with Crippen LogP contribution in [-0.4, -0.2) is 61.1 Å². The highest BCUT2D eigenvalue weighted by atomic mass is 35.5. The van der Waals surface area contributed by atoms with Crippen molar-refractivity contribution in [3.05, 3.63) is 34.9 Å². The van der Waals surface area contributed by atoms with Crippen LogP contribution >= 0.6 is 11.6 Å². The number of rotatable bonds is 6. The van der Waals surface area contributed by atoms with Gasteiger partial charge in [0.25, 0.3) is 0 Å². The van der Waals surface area contributed by atoms with Crippen molar-refractivity contribution in [2.24, 2.45) is 0 Å². The molecule has 7 heteroatoms. The Hall–Kier alpha value is -1.79. The first-order valence-corrected chi connectivity index (χ1v) is 8.61. The Labute approximate surface area is 147 Å². The quantitative estimate of drug-likeness (QED) is 0.851. The number of benzene rings is 1. The van der Waals surface area contributed by atoms with Crippen LogP contribution in [0, 0.1) is 0 Å². The number of piperazine rings is 1. The topological polar surface area (TPSA) is 61.9 Å². The van der Waals surface area contributed by atoms with Crippen LogP contribution in [0.25, 0.3) is 0 Å². The third-order valence-electron chi connectivity index (χ3n) is 3.96. The predicted octanol–water partition coefficient (Wildman–Crippen LogP) is 2.12. The monoisotopic (exact) mass is 353 g/mol. The molecule has 0 unspecified atom stereocenters. The molecule has 0 saturated carbocycles. The third kappa shape index (κ3) is 6.02. The highest BCUT2D eigenvalue weighted by molar-refractivity contribution is 6.30. The van der Waals surface area contributed by atoms with Gasteiger partial charge in [0.2, 0.25) is 5.91 Å². The summed E-state index contributed by atoms with van der Waals surface area (Å²) in [5.41, 5.74) is 1.02. The number of hydrogen-bond donors (Lipinski definition) is 1. The van der Waals surface area contributed by atoms with Gasteiger partial charge in [-0.1, -0.05) is 23.7 Å². The lowest BCUT2D eigenvalue weighted by atomic mass is 10.2. The summed E-state index contributed by atoms with van der Waals surface area (Å²) in [7, 11) is 0. The summed E-state index contributed by atoms with van der Waals surface area (Å²) >= 11 is 5.83. The molecule has 1 aliphatic heterocycles. The molecule has 0 bridgehead atoms. The SMILES string of the molecule is CCOC(=O)N1CCN(CCC(=O)NCc2ccc(Cl)cc2)CC1. The Bertz CT molecular complexity index is 543. The van der Waals surface area contributed by atoms with Crippen molar-refractivity contribution < 1.29 is 14.3 Å². The molecule has 0 radical (unpaired) electrons. The van der Waals surface area contributed by atoms with Gasteiger partial charge in [0.1, 0.15) is 0 Å². The molecule has 0 atom stereocenters. The smallest absolute Gasteiger partial charge is 0.409 e. The van der Waals surface area contributed by atoms with Gasteiger partial charge in [0.15, 0.2) is 0 Å². The van der Waals surface area contributed by atoms with Crippen LogP contribution in [0.1, 0.15) is 18.9 Å². The molecular weight excluding hydrogens is 330 g/mol. The lowest BCUT2D eigenvalue weighted by molar-refractivity contribution is -0.121. The second-order valence-corrected chi connectivity index (χ2v) is 6.12. The fraction of sp³-hybridized carbons (Fsp3) is 0.529. The number of carbonyl (C=O) groups is 2. The van der Waals surface area contributed by atoms with Crippen LogP contribution in [0.4, 0.5) is 4.79 Å². The van der Waals surface area contributed by atoms with E-state index in [9.17, 15) is 9.59 Å². The van der Waals surface area contributed by atoms with Crippen LogP contribution in [-0.2, 0) is 16.1 Å². The first kappa shape index (κ1) is 18.5. The fourth-order valence-corrected chi connectivity index (χ4v) is 2.65. The maximum Gasteiger partial charge on any atom is 0.409 e. The summed E-state index contributed by atoms with van der Waals surface area (Å²) < 4.78 is 4.99. The molecule has 1 saturated heterocycles. The summed E-state index contributed by atoms with van der Waals surface area (Å²) in [6.07, 6.45) is 0.199. The van der Waals surface area contributed by atoms with Crippen LogP contribution in [0.5, 0.6) is 0 Å². The minimum atomic E-state index is -0.252. The fourth-order valence-electron chi connectivity index (χ4n) is 2.52. The minimum absolute atomic E-state index is 0.0257. The number of nitrogens with one attached hydrogen (secondary N) is 1. The molecular formula is C17H24ClN3O3. The average molecular weight is 354 g/mol. The van der Waals surface area contributed by atoms with Crippen molar-refractivity contribution in [1.82, 2.24) is 15.1 Å². The number of ether oxygens (including phenoxy) is 1. The first-order valence-electron chi connectivity index (χ1n) is 8.23. The number of nitrogens with zero attached hydrogens (tertiary/aromatic N) is 2. The van der Waals surface area contributed by atoms with Gasteiger partial charge in [0, 0.05) is 50.7 Å². The highest BCUT2D eigenvalue weighted by Crippen LogP contribution is 2.09. The Morgan fingerprint density at radius 2 is 1.83 bits per heavy atom. The molecule has 1 aromatic rings. The molecule has 6 nitrogen and oxygen atoms in total. The molecule has 1 N–H and O–H groups in total. The van der Waals surface area contributed by atoms with Gasteiger partial charge >= 0.3 is 6.09 Å². The Morgan fingerprint density at radius 3 is 2.46 bits per heavy atom. The first-order chi connectivity index (χ1) is 11.6. The maximum atomic E-state index is 11.9. The molecule has 0 spiro atoms. The van der Waals surface area contributed by atoms with Crippen molar-refractivity contribution in [3.63, 3.8) is 0 Å². The second-order valence-electron chi connectivity index (χ2n) is 5.68. The number of hydrogen-bond acceptors (Lipinski definition) is 4. The normalized spacial score (nSPS) is 15.2. The van der Waals surface area contributed by atoms with Gasteiger partial charge in [-0.3, -0.25) is 9.69 Å². The van der Waals surface area contributed by atoms with Crippen LogP contribution in [0.15, 0.2) is 24.3 Å². The van der Waals surface area contributed by atoms with Gasteiger partial charge in [-0.2, -0.15) is 0 Å². The third-order valence-corrected chi connectivity index (χ3v) is 4.21. The standard InChI is InChI=1S/C17H24ClN3O3/c1-2-24-17(23)21-11-9-20(10-12-21)8-7-16(22)19-13-14-3-5-15(18)6-4-14/h3-6H,2,7-13H2,1H3,(H,19,22). The van der Waals surface area contributed by atoms with E-state index in [2.05, 4.69) is 10.2 Å². The minimum Gasteiger partial charge on any atom is -0.450 e. The predicted molar refractivity (Wildman–Crippen MR) is 93.0 cm³/mol. The van der Waals surface area contributed by atoms with Crippen molar-refractivity contribution in [2.45, 2.75) is 19.9 Å². The molecule has 24 heavy (non-hydrogen) atoms. The molecule has 1 fully saturated rings. The molecule has 0 aliphatic carbocycles. The zero-order valence-corrected chi connectivity index (χ0v) is 14.7. The molecule has 2 amide bonds. The molecule has 1 heterocycles. The Morgan fingerprint density at radius 1 is 1.17 bits per heavy atom. The number of carbonyl (C=O) groups excluding carboxylic acids is 2. The van der Waals surface area contributed by atoms with Gasteiger partial charge in [-0.25, -0.2) is 4.79 Å². The highest BCUT2D eigenvalue weighted by Gasteiger charge is 2.21. The molecule has 132 valence electrons. The van der Waals surface area contributed by atoms with Gasteiger partial charge < -0.3 is 15.0 Å². The number of halogens is 1. The largest absolute Gasteiger partial charge is 0.450 e. The van der Waals surface area contributed by atoms with E-state index in [0.29, 0.717) is 44.2 Å². The van der Waals surface area contributed by atoms with E-state index in [-0.39, 0.29) is 12.0 Å². The maximum absolute atomic E-state index is 11.9. The van der Waals surface area contributed by atoms with E-state index in [0.717, 1.165) is 18.7 Å². The lowest BCUT2D eigenvalue weighted by Crippen LogP contribution is -2.49. The summed E-state index contributed by atoms with van der Waals surface area (Å²) in [4.78, 5) is 27.5. The van der Waals surface area contributed by atoms with Crippen molar-refractivity contribution >= 4 is 23.6 Å². The lowest BCUT2D eigenvalue weighted by Gasteiger charge is -2.33. The van der Waals surface area contributed by atoms with Crippen LogP contribution in [0.2, 0.25) is 5.02 Å². The molecule has 2 rings (SSSR count). The van der Waals surface area contributed by atoms with E-state index in [1.807, 2.05) is 24.3 Å². The summed E-state index contributed by atoms with van der Waals surface area (Å²) in [6, 6.07) is 7.42. The second kappa shape index (κ2) is 9.49. The van der Waals surface area contributed by atoms with E-state index < -0.39 is 0 Å².